The Morgan fingerprint density at radius 3 is 1.62 bits per heavy atom. The maximum absolute atomic E-state index is 6.69. The van der Waals surface area contributed by atoms with Crippen LogP contribution in [-0.4, -0.2) is 19.5 Å². The number of furan rings is 1. The molecule has 0 fully saturated rings. The summed E-state index contributed by atoms with van der Waals surface area (Å²) in [5.41, 5.74) is 9.96. The van der Waals surface area contributed by atoms with Crippen molar-refractivity contribution in [3.8, 4) is 51.0 Å². The minimum absolute atomic E-state index is 0.617. The SMILES string of the molecule is c1ccc(-c2ccc3oc4c(-n5c6ccccc6c6ccc(-c7nc(-c8ccccc8)nc(-c8ccccc8)n7)cc65)cccc4c3c2)cc1. The lowest BCUT2D eigenvalue weighted by molar-refractivity contribution is 0.666. The van der Waals surface area contributed by atoms with Crippen LogP contribution in [0, 0.1) is 0 Å². The summed E-state index contributed by atoms with van der Waals surface area (Å²) >= 11 is 0. The fraction of sp³-hybridized carbons (Fsp3) is 0. The summed E-state index contributed by atoms with van der Waals surface area (Å²) in [6, 6.07) is 58.5. The second-order valence-corrected chi connectivity index (χ2v) is 12.5. The predicted molar refractivity (Wildman–Crippen MR) is 203 cm³/mol. The summed E-state index contributed by atoms with van der Waals surface area (Å²) in [5, 5.41) is 4.48. The zero-order chi connectivity index (χ0) is 33.0. The lowest BCUT2D eigenvalue weighted by Crippen LogP contribution is -2.00. The molecule has 0 saturated carbocycles. The molecule has 0 atom stereocenters. The fourth-order valence-corrected chi connectivity index (χ4v) is 7.08. The highest BCUT2D eigenvalue weighted by molar-refractivity contribution is 6.13. The van der Waals surface area contributed by atoms with Crippen LogP contribution in [0.3, 0.4) is 0 Å². The monoisotopic (exact) mass is 640 g/mol. The van der Waals surface area contributed by atoms with Crippen molar-refractivity contribution in [2.75, 3.05) is 0 Å². The number of nitrogens with zero attached hydrogens (tertiary/aromatic N) is 4. The van der Waals surface area contributed by atoms with Gasteiger partial charge < -0.3 is 8.98 Å². The summed E-state index contributed by atoms with van der Waals surface area (Å²) in [6.45, 7) is 0. The highest BCUT2D eigenvalue weighted by atomic mass is 16.3. The lowest BCUT2D eigenvalue weighted by Gasteiger charge is -2.11. The zero-order valence-corrected chi connectivity index (χ0v) is 26.9. The van der Waals surface area contributed by atoms with E-state index in [1.165, 1.54) is 10.9 Å². The topological polar surface area (TPSA) is 56.7 Å². The normalized spacial score (nSPS) is 11.6. The van der Waals surface area contributed by atoms with E-state index >= 15 is 0 Å². The van der Waals surface area contributed by atoms with Gasteiger partial charge in [-0.1, -0.05) is 140 Å². The van der Waals surface area contributed by atoms with Gasteiger partial charge in [0.2, 0.25) is 0 Å². The van der Waals surface area contributed by atoms with E-state index in [0.29, 0.717) is 17.5 Å². The Hall–Kier alpha value is -6.85. The largest absolute Gasteiger partial charge is 0.454 e. The molecule has 10 aromatic rings. The third kappa shape index (κ3) is 4.60. The molecule has 0 N–H and O–H groups in total. The highest BCUT2D eigenvalue weighted by Crippen LogP contribution is 2.40. The number of hydrogen-bond donors (Lipinski definition) is 0. The molecule has 3 heterocycles. The Morgan fingerprint density at radius 1 is 0.360 bits per heavy atom. The van der Waals surface area contributed by atoms with Crippen molar-refractivity contribution in [2.24, 2.45) is 0 Å². The van der Waals surface area contributed by atoms with E-state index in [4.69, 9.17) is 19.4 Å². The van der Waals surface area contributed by atoms with E-state index in [0.717, 1.165) is 66.3 Å². The lowest BCUT2D eigenvalue weighted by atomic mass is 10.0. The predicted octanol–water partition coefficient (Wildman–Crippen LogP) is 11.5. The molecule has 234 valence electrons. The zero-order valence-electron chi connectivity index (χ0n) is 26.9. The molecule has 5 nitrogen and oxygen atoms in total. The van der Waals surface area contributed by atoms with Crippen LogP contribution in [-0.2, 0) is 0 Å². The van der Waals surface area contributed by atoms with Crippen LogP contribution in [0.25, 0.3) is 94.7 Å². The molecule has 7 aromatic carbocycles. The van der Waals surface area contributed by atoms with Crippen molar-refractivity contribution in [2.45, 2.75) is 0 Å². The molecule has 5 heteroatoms. The molecule has 0 radical (unpaired) electrons. The first-order valence-electron chi connectivity index (χ1n) is 16.7. The van der Waals surface area contributed by atoms with Crippen molar-refractivity contribution in [1.82, 2.24) is 19.5 Å². The van der Waals surface area contributed by atoms with Gasteiger partial charge in [0.05, 0.1) is 16.7 Å². The number of para-hydroxylation sites is 2. The molecule has 10 rings (SSSR count). The Morgan fingerprint density at radius 2 is 0.920 bits per heavy atom. The number of fused-ring (bicyclic) bond motifs is 6. The molecule has 0 aliphatic heterocycles. The molecule has 0 spiro atoms. The van der Waals surface area contributed by atoms with Gasteiger partial charge in [-0.05, 0) is 41.5 Å². The third-order valence-corrected chi connectivity index (χ3v) is 9.46. The fourth-order valence-electron chi connectivity index (χ4n) is 7.08. The summed E-state index contributed by atoms with van der Waals surface area (Å²) < 4.78 is 9.00. The van der Waals surface area contributed by atoms with Crippen LogP contribution < -0.4 is 0 Å². The van der Waals surface area contributed by atoms with Crippen molar-refractivity contribution in [3.05, 3.63) is 170 Å². The minimum atomic E-state index is 0.617. The average molecular weight is 641 g/mol. The number of aromatic nitrogens is 4. The van der Waals surface area contributed by atoms with E-state index in [-0.39, 0.29) is 0 Å². The van der Waals surface area contributed by atoms with E-state index in [1.807, 2.05) is 66.7 Å². The van der Waals surface area contributed by atoms with Gasteiger partial charge in [-0.25, -0.2) is 15.0 Å². The Labute approximate surface area is 287 Å². The van der Waals surface area contributed by atoms with Crippen molar-refractivity contribution in [1.29, 1.82) is 0 Å². The molecule has 0 aliphatic carbocycles. The maximum Gasteiger partial charge on any atom is 0.164 e. The first-order valence-corrected chi connectivity index (χ1v) is 16.7. The molecule has 0 saturated heterocycles. The van der Waals surface area contributed by atoms with E-state index in [9.17, 15) is 0 Å². The van der Waals surface area contributed by atoms with E-state index in [1.54, 1.807) is 0 Å². The summed E-state index contributed by atoms with van der Waals surface area (Å²) in [5.74, 6) is 1.89. The molecule has 50 heavy (non-hydrogen) atoms. The van der Waals surface area contributed by atoms with Crippen LogP contribution >= 0.6 is 0 Å². The number of benzene rings is 7. The molecule has 0 aliphatic rings. The van der Waals surface area contributed by atoms with Gasteiger partial charge in [-0.2, -0.15) is 0 Å². The van der Waals surface area contributed by atoms with Gasteiger partial charge in [-0.3, -0.25) is 0 Å². The second-order valence-electron chi connectivity index (χ2n) is 12.5. The standard InChI is InChI=1S/C45H28N4O/c1-4-13-29(14-5-1)32-24-26-41-37(27-32)36-20-12-22-39(42(36)50-41)49-38-21-11-10-19-34(38)35-25-23-33(28-40(35)49)45-47-43(30-15-6-2-7-16-30)46-44(48-45)31-17-8-3-9-18-31/h1-28H. The second kappa shape index (κ2) is 11.4. The summed E-state index contributed by atoms with van der Waals surface area (Å²) in [7, 11) is 0. The average Bonchev–Trinajstić information content (AvgIpc) is 3.74. The van der Waals surface area contributed by atoms with Crippen LogP contribution in [0.4, 0.5) is 0 Å². The van der Waals surface area contributed by atoms with Gasteiger partial charge in [0.1, 0.15) is 5.58 Å². The van der Waals surface area contributed by atoms with Crippen LogP contribution in [0.5, 0.6) is 0 Å². The maximum atomic E-state index is 6.69. The molecule has 0 unspecified atom stereocenters. The smallest absolute Gasteiger partial charge is 0.164 e. The number of rotatable bonds is 5. The van der Waals surface area contributed by atoms with Gasteiger partial charge in [0, 0.05) is 38.2 Å². The molecule has 3 aromatic heterocycles. The minimum Gasteiger partial charge on any atom is -0.454 e. The summed E-state index contributed by atoms with van der Waals surface area (Å²) in [4.78, 5) is 15.0. The van der Waals surface area contributed by atoms with Crippen molar-refractivity contribution < 1.29 is 4.42 Å². The van der Waals surface area contributed by atoms with E-state index < -0.39 is 0 Å². The van der Waals surface area contributed by atoms with Crippen LogP contribution in [0.15, 0.2) is 174 Å². The number of hydrogen-bond acceptors (Lipinski definition) is 4. The Balaban J connectivity index is 1.20. The van der Waals surface area contributed by atoms with Crippen LogP contribution in [0.2, 0.25) is 0 Å². The molecular weight excluding hydrogens is 613 g/mol. The first-order chi connectivity index (χ1) is 24.8. The third-order valence-electron chi connectivity index (χ3n) is 9.46. The Kier molecular flexibility index (Phi) is 6.42. The van der Waals surface area contributed by atoms with Gasteiger partial charge in [-0.15, -0.1) is 0 Å². The van der Waals surface area contributed by atoms with Gasteiger partial charge >= 0.3 is 0 Å². The quantitative estimate of drug-likeness (QED) is 0.188. The van der Waals surface area contributed by atoms with Crippen molar-refractivity contribution in [3.63, 3.8) is 0 Å². The van der Waals surface area contributed by atoms with E-state index in [2.05, 4.69) is 108 Å². The Bertz CT molecular complexity index is 2800. The molecule has 0 amide bonds. The molecular formula is C45H28N4O. The molecule has 0 bridgehead atoms. The van der Waals surface area contributed by atoms with Gasteiger partial charge in [0.25, 0.3) is 0 Å². The first kappa shape index (κ1) is 28.2. The van der Waals surface area contributed by atoms with Crippen molar-refractivity contribution >= 4 is 43.7 Å². The van der Waals surface area contributed by atoms with Crippen LogP contribution in [0.1, 0.15) is 0 Å². The highest BCUT2D eigenvalue weighted by Gasteiger charge is 2.20. The summed E-state index contributed by atoms with van der Waals surface area (Å²) in [6.07, 6.45) is 0. The van der Waals surface area contributed by atoms with Gasteiger partial charge in [0.15, 0.2) is 23.1 Å².